The third-order valence-electron chi connectivity index (χ3n) is 3.77. The lowest BCUT2D eigenvalue weighted by Crippen LogP contribution is -2.06. The molecule has 1 aromatic heterocycles. The molecule has 0 spiro atoms. The second kappa shape index (κ2) is 6.78. The van der Waals surface area contributed by atoms with Gasteiger partial charge in [0.05, 0.1) is 5.56 Å². The number of benzene rings is 2. The van der Waals surface area contributed by atoms with Crippen LogP contribution >= 0.6 is 22.9 Å². The third-order valence-corrected chi connectivity index (χ3v) is 4.96. The Balaban J connectivity index is 1.59. The third kappa shape index (κ3) is 3.14. The van der Waals surface area contributed by atoms with E-state index in [1.54, 1.807) is 47.9 Å². The summed E-state index contributed by atoms with van der Waals surface area (Å²) in [4.78, 5) is 25.0. The number of ether oxygens (including phenoxy) is 2. The lowest BCUT2D eigenvalue weighted by Gasteiger charge is -2.04. The van der Waals surface area contributed by atoms with Gasteiger partial charge < -0.3 is 9.47 Å². The van der Waals surface area contributed by atoms with E-state index in [4.69, 9.17) is 21.1 Å². The first kappa shape index (κ1) is 16.6. The van der Waals surface area contributed by atoms with Crippen LogP contribution in [0, 0.1) is 0 Å². The van der Waals surface area contributed by atoms with Gasteiger partial charge in [0.25, 0.3) is 0 Å². The van der Waals surface area contributed by atoms with Gasteiger partial charge in [-0.15, -0.1) is 11.3 Å². The number of hydrogen-bond donors (Lipinski definition) is 0. The van der Waals surface area contributed by atoms with Gasteiger partial charge in [0.15, 0.2) is 5.76 Å². The molecular formula is C20H11ClO4S. The van der Waals surface area contributed by atoms with Crippen molar-refractivity contribution in [3.05, 3.63) is 86.8 Å². The zero-order chi connectivity index (χ0) is 18.1. The van der Waals surface area contributed by atoms with Crippen LogP contribution in [0.1, 0.15) is 25.6 Å². The van der Waals surface area contributed by atoms with Crippen molar-refractivity contribution in [3.63, 3.8) is 0 Å². The Bertz CT molecular complexity index is 1040. The van der Waals surface area contributed by atoms with E-state index in [2.05, 4.69) is 0 Å². The van der Waals surface area contributed by atoms with Crippen molar-refractivity contribution >= 4 is 40.8 Å². The lowest BCUT2D eigenvalue weighted by atomic mass is 10.1. The molecule has 4 nitrogen and oxygen atoms in total. The van der Waals surface area contributed by atoms with Crippen molar-refractivity contribution in [2.45, 2.75) is 0 Å². The summed E-state index contributed by atoms with van der Waals surface area (Å²) in [6, 6.07) is 15.3. The van der Waals surface area contributed by atoms with Crippen molar-refractivity contribution in [3.8, 4) is 11.5 Å². The van der Waals surface area contributed by atoms with Crippen LogP contribution in [-0.4, -0.2) is 11.8 Å². The second-order valence-electron chi connectivity index (χ2n) is 5.49. The fourth-order valence-corrected chi connectivity index (χ4v) is 3.31. The van der Waals surface area contributed by atoms with Gasteiger partial charge in [0, 0.05) is 11.1 Å². The molecule has 0 fully saturated rings. The molecule has 4 rings (SSSR count). The number of halogens is 1. The highest BCUT2D eigenvalue weighted by Crippen LogP contribution is 2.35. The first-order valence-corrected chi connectivity index (χ1v) is 8.96. The summed E-state index contributed by atoms with van der Waals surface area (Å²) in [7, 11) is 0. The highest BCUT2D eigenvalue weighted by molar-refractivity contribution is 7.12. The normalized spacial score (nSPS) is 14.2. The number of allylic oxidation sites excluding steroid dienone is 1. The summed E-state index contributed by atoms with van der Waals surface area (Å²) in [6.45, 7) is 0. The zero-order valence-corrected chi connectivity index (χ0v) is 14.8. The first-order valence-electron chi connectivity index (χ1n) is 7.70. The fourth-order valence-electron chi connectivity index (χ4n) is 2.52. The number of carbonyl (C=O) groups excluding carboxylic acids is 2. The average molecular weight is 383 g/mol. The van der Waals surface area contributed by atoms with Crippen LogP contribution in [0.2, 0.25) is 5.02 Å². The number of esters is 1. The van der Waals surface area contributed by atoms with Crippen LogP contribution in [0.5, 0.6) is 11.5 Å². The largest absolute Gasteiger partial charge is 0.452 e. The van der Waals surface area contributed by atoms with E-state index < -0.39 is 5.97 Å². The Labute approximate surface area is 158 Å². The molecule has 6 heteroatoms. The predicted octanol–water partition coefficient (Wildman–Crippen LogP) is 5.24. The van der Waals surface area contributed by atoms with Crippen molar-refractivity contribution in [1.29, 1.82) is 0 Å². The number of hydrogen-bond acceptors (Lipinski definition) is 5. The quantitative estimate of drug-likeness (QED) is 0.353. The van der Waals surface area contributed by atoms with Crippen molar-refractivity contribution in [2.75, 3.05) is 0 Å². The smallest absolute Gasteiger partial charge is 0.353 e. The maximum Gasteiger partial charge on any atom is 0.353 e. The molecule has 0 unspecified atom stereocenters. The summed E-state index contributed by atoms with van der Waals surface area (Å²) in [5.41, 5.74) is 1.11. The molecule has 0 atom stereocenters. The SMILES string of the molecule is O=C(Oc1ccc2c(c1)OC(=Cc1ccccc1Cl)C2=O)c1cccs1. The molecule has 0 bridgehead atoms. The molecule has 0 saturated carbocycles. The van der Waals surface area contributed by atoms with E-state index in [1.165, 1.54) is 17.4 Å². The summed E-state index contributed by atoms with van der Waals surface area (Å²) in [5, 5.41) is 2.32. The lowest BCUT2D eigenvalue weighted by molar-refractivity contribution is 0.0739. The van der Waals surface area contributed by atoms with Crippen LogP contribution in [0.15, 0.2) is 65.7 Å². The number of ketones is 1. The molecule has 3 aromatic rings. The molecule has 0 N–H and O–H groups in total. The van der Waals surface area contributed by atoms with Crippen LogP contribution in [0.4, 0.5) is 0 Å². The second-order valence-corrected chi connectivity index (χ2v) is 6.84. The Morgan fingerprint density at radius 3 is 2.73 bits per heavy atom. The molecule has 1 aliphatic heterocycles. The number of carbonyl (C=O) groups is 2. The molecule has 0 amide bonds. The Hall–Kier alpha value is -2.89. The standard InChI is InChI=1S/C20H11ClO4S/c21-15-5-2-1-4-12(15)10-17-19(22)14-8-7-13(11-16(14)25-17)24-20(23)18-6-3-9-26-18/h1-11H. The van der Waals surface area contributed by atoms with Gasteiger partial charge in [0.1, 0.15) is 16.4 Å². The van der Waals surface area contributed by atoms with Gasteiger partial charge in [-0.25, -0.2) is 4.79 Å². The van der Waals surface area contributed by atoms with Crippen molar-refractivity contribution in [2.24, 2.45) is 0 Å². The van der Waals surface area contributed by atoms with Crippen LogP contribution in [-0.2, 0) is 0 Å². The maximum atomic E-state index is 12.5. The van der Waals surface area contributed by atoms with E-state index in [-0.39, 0.29) is 11.5 Å². The van der Waals surface area contributed by atoms with Crippen LogP contribution in [0.25, 0.3) is 6.08 Å². The molecular weight excluding hydrogens is 372 g/mol. The summed E-state index contributed by atoms with van der Waals surface area (Å²) >= 11 is 7.42. The maximum absolute atomic E-state index is 12.5. The molecule has 1 aliphatic rings. The minimum atomic E-state index is -0.448. The number of fused-ring (bicyclic) bond motifs is 1. The van der Waals surface area contributed by atoms with Crippen LogP contribution < -0.4 is 9.47 Å². The highest BCUT2D eigenvalue weighted by Gasteiger charge is 2.28. The van der Waals surface area contributed by atoms with E-state index >= 15 is 0 Å². The van der Waals surface area contributed by atoms with Gasteiger partial charge in [-0.3, -0.25) is 4.79 Å². The van der Waals surface area contributed by atoms with E-state index in [9.17, 15) is 9.59 Å². The van der Waals surface area contributed by atoms with Gasteiger partial charge >= 0.3 is 5.97 Å². The van der Waals surface area contributed by atoms with Gasteiger partial charge in [0.2, 0.25) is 5.78 Å². The van der Waals surface area contributed by atoms with E-state index in [0.29, 0.717) is 32.5 Å². The first-order chi connectivity index (χ1) is 12.6. The Morgan fingerprint density at radius 2 is 1.96 bits per heavy atom. The molecule has 26 heavy (non-hydrogen) atoms. The predicted molar refractivity (Wildman–Crippen MR) is 100 cm³/mol. The fraction of sp³-hybridized carbons (Fsp3) is 0. The van der Waals surface area contributed by atoms with Crippen molar-refractivity contribution < 1.29 is 19.1 Å². The minimum absolute atomic E-state index is 0.176. The summed E-state index contributed by atoms with van der Waals surface area (Å²) in [6.07, 6.45) is 1.60. The summed E-state index contributed by atoms with van der Waals surface area (Å²) < 4.78 is 11.0. The Kier molecular flexibility index (Phi) is 4.32. The highest BCUT2D eigenvalue weighted by atomic mass is 35.5. The monoisotopic (exact) mass is 382 g/mol. The topological polar surface area (TPSA) is 52.6 Å². The molecule has 0 saturated heterocycles. The number of Topliss-reactive ketones (excluding diaryl/α,β-unsaturated/α-hetero) is 1. The minimum Gasteiger partial charge on any atom is -0.452 e. The molecule has 0 aliphatic carbocycles. The molecule has 128 valence electrons. The summed E-state index contributed by atoms with van der Waals surface area (Å²) in [5.74, 6) is 0.153. The zero-order valence-electron chi connectivity index (χ0n) is 13.3. The number of rotatable bonds is 3. The Morgan fingerprint density at radius 1 is 1.12 bits per heavy atom. The average Bonchev–Trinajstić information content (AvgIpc) is 3.26. The molecule has 2 heterocycles. The van der Waals surface area contributed by atoms with Gasteiger partial charge in [-0.1, -0.05) is 35.9 Å². The molecule has 0 radical (unpaired) electrons. The van der Waals surface area contributed by atoms with Gasteiger partial charge in [-0.2, -0.15) is 0 Å². The van der Waals surface area contributed by atoms with E-state index in [1.807, 2.05) is 12.1 Å². The van der Waals surface area contributed by atoms with E-state index in [0.717, 1.165) is 0 Å². The van der Waals surface area contributed by atoms with Gasteiger partial charge in [-0.05, 0) is 41.3 Å². The number of thiophene rings is 1. The van der Waals surface area contributed by atoms with Crippen LogP contribution in [0.3, 0.4) is 0 Å². The molecule has 2 aromatic carbocycles. The van der Waals surface area contributed by atoms with Crippen molar-refractivity contribution in [1.82, 2.24) is 0 Å².